The van der Waals surface area contributed by atoms with Crippen molar-refractivity contribution in [2.45, 2.75) is 25.8 Å². The van der Waals surface area contributed by atoms with Crippen LogP contribution in [0.2, 0.25) is 0 Å². The van der Waals surface area contributed by atoms with Gasteiger partial charge in [0.25, 0.3) is 0 Å². The summed E-state index contributed by atoms with van der Waals surface area (Å²) in [5.41, 5.74) is 0.789. The fraction of sp³-hybridized carbons (Fsp3) is 0.211. The van der Waals surface area contributed by atoms with Gasteiger partial charge in [0, 0.05) is 30.0 Å². The topological polar surface area (TPSA) is 68.0 Å². The summed E-state index contributed by atoms with van der Waals surface area (Å²) in [6.45, 7) is 1.60. The second-order valence-electron chi connectivity index (χ2n) is 5.97. The minimum Gasteiger partial charge on any atom is -0.349 e. The van der Waals surface area contributed by atoms with Crippen molar-refractivity contribution in [3.8, 4) is 11.4 Å². The van der Waals surface area contributed by atoms with Gasteiger partial charge >= 0.3 is 0 Å². The Labute approximate surface area is 153 Å². The molecule has 0 aliphatic heterocycles. The van der Waals surface area contributed by atoms with E-state index in [-0.39, 0.29) is 36.0 Å². The molecule has 3 aromatic rings. The van der Waals surface area contributed by atoms with Crippen molar-refractivity contribution in [3.05, 3.63) is 71.4 Å². The molecule has 8 heteroatoms. The monoisotopic (exact) mass is 375 g/mol. The lowest BCUT2D eigenvalue weighted by Gasteiger charge is -2.14. The van der Waals surface area contributed by atoms with Crippen LogP contribution in [0.25, 0.3) is 11.4 Å². The predicted molar refractivity (Wildman–Crippen MR) is 90.9 cm³/mol. The normalized spacial score (nSPS) is 12.0. The average Bonchev–Trinajstić information content (AvgIpc) is 3.09. The molecule has 0 aliphatic rings. The van der Waals surface area contributed by atoms with Crippen molar-refractivity contribution < 1.29 is 22.5 Å². The first-order valence-electron chi connectivity index (χ1n) is 8.25. The zero-order valence-electron chi connectivity index (χ0n) is 14.4. The Morgan fingerprint density at radius 2 is 1.81 bits per heavy atom. The summed E-state index contributed by atoms with van der Waals surface area (Å²) in [5, 5.41) is 6.44. The van der Waals surface area contributed by atoms with E-state index < -0.39 is 17.7 Å². The molecule has 0 bridgehead atoms. The van der Waals surface area contributed by atoms with E-state index in [2.05, 4.69) is 15.5 Å². The minimum absolute atomic E-state index is 0.0538. The van der Waals surface area contributed by atoms with E-state index in [9.17, 15) is 18.0 Å². The van der Waals surface area contributed by atoms with Gasteiger partial charge in [-0.15, -0.1) is 0 Å². The number of amides is 1. The summed E-state index contributed by atoms with van der Waals surface area (Å²) >= 11 is 0. The average molecular weight is 375 g/mol. The summed E-state index contributed by atoms with van der Waals surface area (Å²) in [5.74, 6) is -1.55. The second-order valence-corrected chi connectivity index (χ2v) is 5.97. The van der Waals surface area contributed by atoms with Crippen molar-refractivity contribution in [1.29, 1.82) is 0 Å². The van der Waals surface area contributed by atoms with Crippen LogP contribution in [0.15, 0.2) is 47.0 Å². The molecule has 0 radical (unpaired) electrons. The highest BCUT2D eigenvalue weighted by Crippen LogP contribution is 2.19. The summed E-state index contributed by atoms with van der Waals surface area (Å²) in [6, 6.07) is 8.21. The lowest BCUT2D eigenvalue weighted by atomic mass is 10.1. The smallest absolute Gasteiger partial charge is 0.227 e. The van der Waals surface area contributed by atoms with Gasteiger partial charge in [-0.2, -0.15) is 4.98 Å². The number of benzene rings is 2. The number of aryl methyl sites for hydroxylation is 1. The molecule has 0 unspecified atom stereocenters. The molecular formula is C19H16F3N3O2. The Balaban J connectivity index is 1.55. The zero-order valence-corrected chi connectivity index (χ0v) is 14.4. The van der Waals surface area contributed by atoms with Crippen LogP contribution in [-0.2, 0) is 11.2 Å². The molecule has 2 aromatic carbocycles. The molecule has 1 aromatic heterocycles. The number of halogens is 3. The summed E-state index contributed by atoms with van der Waals surface area (Å²) in [4.78, 5) is 16.2. The molecule has 1 atom stereocenters. The number of aromatic nitrogens is 2. The van der Waals surface area contributed by atoms with Crippen LogP contribution in [-0.4, -0.2) is 16.0 Å². The largest absolute Gasteiger partial charge is 0.349 e. The highest BCUT2D eigenvalue weighted by atomic mass is 19.1. The molecule has 0 saturated heterocycles. The van der Waals surface area contributed by atoms with E-state index in [4.69, 9.17) is 4.52 Å². The standard InChI is InChI=1S/C19H16F3N3O2/c1-11(15-7-6-14(21)10-16(15)22)23-17(26)8-9-18-24-19(25-27-18)12-2-4-13(20)5-3-12/h2-7,10-11H,8-9H2,1H3,(H,23,26)/t11-/m1/s1. The summed E-state index contributed by atoms with van der Waals surface area (Å²) in [7, 11) is 0. The number of hydrogen-bond acceptors (Lipinski definition) is 4. The molecule has 1 heterocycles. The SMILES string of the molecule is C[C@@H](NC(=O)CCc1nc(-c2ccc(F)cc2)no1)c1ccc(F)cc1F. The lowest BCUT2D eigenvalue weighted by Crippen LogP contribution is -2.27. The first-order valence-corrected chi connectivity index (χ1v) is 8.25. The van der Waals surface area contributed by atoms with Crippen molar-refractivity contribution in [2.75, 3.05) is 0 Å². The van der Waals surface area contributed by atoms with E-state index in [0.717, 1.165) is 12.1 Å². The molecule has 3 rings (SSSR count). The summed E-state index contributed by atoms with van der Waals surface area (Å²) in [6.07, 6.45) is 0.247. The zero-order chi connectivity index (χ0) is 19.4. The number of rotatable bonds is 6. The Hall–Kier alpha value is -3.16. The van der Waals surface area contributed by atoms with Crippen LogP contribution in [0.1, 0.15) is 30.8 Å². The van der Waals surface area contributed by atoms with Gasteiger partial charge in [-0.1, -0.05) is 11.2 Å². The van der Waals surface area contributed by atoms with E-state index in [0.29, 0.717) is 11.4 Å². The number of hydrogen-bond donors (Lipinski definition) is 1. The van der Waals surface area contributed by atoms with Gasteiger partial charge in [-0.3, -0.25) is 4.79 Å². The van der Waals surface area contributed by atoms with Crippen LogP contribution in [0.5, 0.6) is 0 Å². The number of carbonyl (C=O) groups excluding carboxylic acids is 1. The summed E-state index contributed by atoms with van der Waals surface area (Å²) < 4.78 is 44.7. The molecule has 0 saturated carbocycles. The maximum Gasteiger partial charge on any atom is 0.227 e. The van der Waals surface area contributed by atoms with E-state index in [1.807, 2.05) is 0 Å². The van der Waals surface area contributed by atoms with Gasteiger partial charge in [0.2, 0.25) is 17.6 Å². The molecule has 27 heavy (non-hydrogen) atoms. The number of carbonyl (C=O) groups is 1. The third-order valence-corrected chi connectivity index (χ3v) is 3.94. The van der Waals surface area contributed by atoms with Crippen LogP contribution >= 0.6 is 0 Å². The first-order chi connectivity index (χ1) is 12.9. The quantitative estimate of drug-likeness (QED) is 0.708. The van der Waals surface area contributed by atoms with Crippen molar-refractivity contribution in [2.24, 2.45) is 0 Å². The van der Waals surface area contributed by atoms with E-state index in [1.54, 1.807) is 6.92 Å². The van der Waals surface area contributed by atoms with E-state index >= 15 is 0 Å². The lowest BCUT2D eigenvalue weighted by molar-refractivity contribution is -0.121. The van der Waals surface area contributed by atoms with Crippen LogP contribution in [0, 0.1) is 17.5 Å². The third-order valence-electron chi connectivity index (χ3n) is 3.94. The van der Waals surface area contributed by atoms with Crippen LogP contribution in [0.4, 0.5) is 13.2 Å². The molecule has 1 amide bonds. The maximum atomic E-state index is 13.7. The minimum atomic E-state index is -0.719. The maximum absolute atomic E-state index is 13.7. The molecule has 140 valence electrons. The van der Waals surface area contributed by atoms with E-state index in [1.165, 1.54) is 30.3 Å². The van der Waals surface area contributed by atoms with Gasteiger partial charge in [0.05, 0.1) is 6.04 Å². The molecule has 5 nitrogen and oxygen atoms in total. The van der Waals surface area contributed by atoms with Crippen molar-refractivity contribution in [1.82, 2.24) is 15.5 Å². The van der Waals surface area contributed by atoms with Gasteiger partial charge in [0.15, 0.2) is 0 Å². The second kappa shape index (κ2) is 8.03. The molecular weight excluding hydrogens is 359 g/mol. The third kappa shape index (κ3) is 4.72. The molecule has 0 spiro atoms. The van der Waals surface area contributed by atoms with Gasteiger partial charge in [-0.25, -0.2) is 13.2 Å². The Bertz CT molecular complexity index is 942. The highest BCUT2D eigenvalue weighted by Gasteiger charge is 2.16. The number of nitrogens with one attached hydrogen (secondary N) is 1. The van der Waals surface area contributed by atoms with Crippen molar-refractivity contribution >= 4 is 5.91 Å². The Kier molecular flexibility index (Phi) is 5.54. The fourth-order valence-electron chi connectivity index (χ4n) is 2.54. The van der Waals surface area contributed by atoms with Crippen LogP contribution in [0.3, 0.4) is 0 Å². The van der Waals surface area contributed by atoms with Gasteiger partial charge in [-0.05, 0) is 37.3 Å². The van der Waals surface area contributed by atoms with Crippen molar-refractivity contribution in [3.63, 3.8) is 0 Å². The molecule has 0 aliphatic carbocycles. The number of nitrogens with zero attached hydrogens (tertiary/aromatic N) is 2. The van der Waals surface area contributed by atoms with Crippen LogP contribution < -0.4 is 5.32 Å². The predicted octanol–water partition coefficient (Wildman–Crippen LogP) is 3.96. The first kappa shape index (κ1) is 18.6. The Morgan fingerprint density at radius 3 is 2.52 bits per heavy atom. The molecule has 0 fully saturated rings. The Morgan fingerprint density at radius 1 is 1.11 bits per heavy atom. The van der Waals surface area contributed by atoms with Gasteiger partial charge < -0.3 is 9.84 Å². The van der Waals surface area contributed by atoms with Gasteiger partial charge in [0.1, 0.15) is 17.5 Å². The fourth-order valence-corrected chi connectivity index (χ4v) is 2.54. The highest BCUT2D eigenvalue weighted by molar-refractivity contribution is 5.76. The molecule has 1 N–H and O–H groups in total.